The first-order chi connectivity index (χ1) is 16.4. The van der Waals surface area contributed by atoms with Crippen molar-refractivity contribution in [3.8, 4) is 0 Å². The molecular formula is C31H44O4. The number of Topliss-reactive ketones (excluding diaryl/α,β-unsaturated/α-hetero) is 1. The van der Waals surface area contributed by atoms with Gasteiger partial charge in [-0.15, -0.1) is 0 Å². The molecular weight excluding hydrogens is 436 g/mol. The molecule has 35 heavy (non-hydrogen) atoms. The van der Waals surface area contributed by atoms with E-state index in [1.807, 2.05) is 0 Å². The summed E-state index contributed by atoms with van der Waals surface area (Å²) in [5, 5.41) is 12.1. The van der Waals surface area contributed by atoms with Crippen LogP contribution in [-0.4, -0.2) is 35.5 Å². The van der Waals surface area contributed by atoms with Gasteiger partial charge in [0.1, 0.15) is 5.78 Å². The van der Waals surface area contributed by atoms with Crippen LogP contribution in [0.15, 0.2) is 35.4 Å². The Kier molecular flexibility index (Phi) is 6.14. The molecule has 192 valence electrons. The smallest absolute Gasteiger partial charge is 0.171 e. The lowest BCUT2D eigenvalue weighted by molar-refractivity contribution is -0.208. The molecule has 3 unspecified atom stereocenters. The van der Waals surface area contributed by atoms with Crippen LogP contribution in [-0.2, 0) is 19.7 Å². The molecule has 4 heteroatoms. The Labute approximate surface area is 211 Å². The maximum Gasteiger partial charge on any atom is 0.171 e. The Morgan fingerprint density at radius 1 is 1.11 bits per heavy atom. The van der Waals surface area contributed by atoms with Crippen LogP contribution in [0, 0.1) is 17.3 Å². The van der Waals surface area contributed by atoms with E-state index in [-0.39, 0.29) is 16.7 Å². The molecule has 1 aliphatic heterocycles. The van der Waals surface area contributed by atoms with Crippen LogP contribution < -0.4 is 0 Å². The van der Waals surface area contributed by atoms with Gasteiger partial charge >= 0.3 is 0 Å². The van der Waals surface area contributed by atoms with Gasteiger partial charge in [-0.05, 0) is 66.6 Å². The molecule has 0 bridgehead atoms. The highest BCUT2D eigenvalue weighted by molar-refractivity contribution is 5.83. The summed E-state index contributed by atoms with van der Waals surface area (Å²) in [6, 6.07) is 9.09. The third-order valence-corrected chi connectivity index (χ3v) is 10.0. The standard InChI is InChI=1S/C31H44O4/c1-7-25-23-12-14-30(33)19-31(34-16-17-35-31)15-13-26(30)27(23)24(18-29(25,6)20(2)32)21-8-10-22(11-9-21)28(3,4)5/h8-11,23-25,33H,7,12-19H2,1-6H3/t23?,24?,25?,29-,30-/m1/s1. The van der Waals surface area contributed by atoms with Crippen LogP contribution in [0.4, 0.5) is 0 Å². The van der Waals surface area contributed by atoms with Gasteiger partial charge in [0.25, 0.3) is 0 Å². The summed E-state index contributed by atoms with van der Waals surface area (Å²) in [5.74, 6) is 0.493. The molecule has 3 aliphatic carbocycles. The van der Waals surface area contributed by atoms with Crippen LogP contribution in [0.1, 0.15) is 104 Å². The first-order valence-electron chi connectivity index (χ1n) is 13.8. The average Bonchev–Trinajstić information content (AvgIpc) is 3.24. The topological polar surface area (TPSA) is 55.8 Å². The van der Waals surface area contributed by atoms with Crippen molar-refractivity contribution < 1.29 is 19.4 Å². The zero-order chi connectivity index (χ0) is 25.2. The van der Waals surface area contributed by atoms with E-state index in [9.17, 15) is 9.90 Å². The quantitative estimate of drug-likeness (QED) is 0.505. The summed E-state index contributed by atoms with van der Waals surface area (Å²) in [7, 11) is 0. The molecule has 1 aromatic rings. The lowest BCUT2D eigenvalue weighted by Gasteiger charge is -2.56. The molecule has 3 fully saturated rings. The molecule has 0 amide bonds. The van der Waals surface area contributed by atoms with Gasteiger partial charge < -0.3 is 14.6 Å². The van der Waals surface area contributed by atoms with E-state index in [1.54, 1.807) is 6.92 Å². The summed E-state index contributed by atoms with van der Waals surface area (Å²) in [6.07, 6.45) is 5.60. The fourth-order valence-corrected chi connectivity index (χ4v) is 8.03. The number of ether oxygens (including phenoxy) is 2. The Balaban J connectivity index is 1.63. The maximum absolute atomic E-state index is 13.1. The van der Waals surface area contributed by atoms with Crippen LogP contribution in [0.25, 0.3) is 0 Å². The average molecular weight is 481 g/mol. The molecule has 1 spiro atoms. The van der Waals surface area contributed by atoms with Crippen molar-refractivity contribution in [2.24, 2.45) is 17.3 Å². The summed E-state index contributed by atoms with van der Waals surface area (Å²) in [6.45, 7) is 14.2. The normalized spacial score (nSPS) is 36.7. The number of allylic oxidation sites excluding steroid dienone is 1. The molecule has 1 saturated heterocycles. The van der Waals surface area contributed by atoms with Crippen LogP contribution >= 0.6 is 0 Å². The van der Waals surface area contributed by atoms with Crippen molar-refractivity contribution in [2.45, 2.75) is 109 Å². The number of hydrogen-bond donors (Lipinski definition) is 1. The molecule has 5 rings (SSSR count). The van der Waals surface area contributed by atoms with Gasteiger partial charge in [0.05, 0.1) is 18.8 Å². The third kappa shape index (κ3) is 4.04. The van der Waals surface area contributed by atoms with Crippen molar-refractivity contribution in [1.29, 1.82) is 0 Å². The largest absolute Gasteiger partial charge is 0.385 e. The van der Waals surface area contributed by atoms with Crippen molar-refractivity contribution in [3.63, 3.8) is 0 Å². The second kappa shape index (κ2) is 8.53. The zero-order valence-electron chi connectivity index (χ0n) is 22.6. The molecule has 2 saturated carbocycles. The van der Waals surface area contributed by atoms with E-state index in [2.05, 4.69) is 58.9 Å². The lowest BCUT2D eigenvalue weighted by Crippen LogP contribution is -2.54. The first kappa shape index (κ1) is 25.2. The monoisotopic (exact) mass is 480 g/mol. The van der Waals surface area contributed by atoms with Gasteiger partial charge in [-0.1, -0.05) is 70.9 Å². The van der Waals surface area contributed by atoms with E-state index in [1.165, 1.54) is 22.3 Å². The molecule has 0 radical (unpaired) electrons. The minimum absolute atomic E-state index is 0.0980. The van der Waals surface area contributed by atoms with Crippen molar-refractivity contribution in [1.82, 2.24) is 0 Å². The lowest BCUT2D eigenvalue weighted by atomic mass is 9.49. The van der Waals surface area contributed by atoms with E-state index in [0.29, 0.717) is 37.3 Å². The predicted octanol–water partition coefficient (Wildman–Crippen LogP) is 6.46. The number of fused-ring (bicyclic) bond motifs is 2. The van der Waals surface area contributed by atoms with Crippen molar-refractivity contribution >= 4 is 5.78 Å². The minimum atomic E-state index is -0.875. The van der Waals surface area contributed by atoms with E-state index in [0.717, 1.165) is 38.5 Å². The Morgan fingerprint density at radius 3 is 2.34 bits per heavy atom. The van der Waals surface area contributed by atoms with E-state index >= 15 is 0 Å². The van der Waals surface area contributed by atoms with Gasteiger partial charge in [-0.25, -0.2) is 0 Å². The summed E-state index contributed by atoms with van der Waals surface area (Å²) in [4.78, 5) is 13.1. The maximum atomic E-state index is 13.1. The number of aliphatic hydroxyl groups is 1. The van der Waals surface area contributed by atoms with Gasteiger partial charge in [0.2, 0.25) is 0 Å². The third-order valence-electron chi connectivity index (χ3n) is 10.0. The predicted molar refractivity (Wildman–Crippen MR) is 138 cm³/mol. The highest BCUT2D eigenvalue weighted by Crippen LogP contribution is 2.62. The van der Waals surface area contributed by atoms with Crippen LogP contribution in [0.5, 0.6) is 0 Å². The molecule has 4 nitrogen and oxygen atoms in total. The fraction of sp³-hybridized carbons (Fsp3) is 0.710. The Hall–Kier alpha value is -1.49. The van der Waals surface area contributed by atoms with Crippen LogP contribution in [0.3, 0.4) is 0 Å². The number of benzene rings is 1. The zero-order valence-corrected chi connectivity index (χ0v) is 22.6. The minimum Gasteiger partial charge on any atom is -0.385 e. The van der Waals surface area contributed by atoms with Crippen molar-refractivity contribution in [3.05, 3.63) is 46.5 Å². The number of rotatable bonds is 3. The highest BCUT2D eigenvalue weighted by atomic mass is 16.7. The van der Waals surface area contributed by atoms with Gasteiger partial charge in [-0.3, -0.25) is 4.79 Å². The molecule has 5 atom stereocenters. The number of carbonyl (C=O) groups excluding carboxylic acids is 1. The van der Waals surface area contributed by atoms with Crippen molar-refractivity contribution in [2.75, 3.05) is 13.2 Å². The number of hydrogen-bond acceptors (Lipinski definition) is 4. The molecule has 4 aliphatic rings. The molecule has 1 heterocycles. The molecule has 0 aromatic heterocycles. The SMILES string of the molecule is CCC1C2CC[C@@]3(O)CC4(CCC3=C2C(c2ccc(C(C)(C)C)cc2)C[C@]1(C)C(C)=O)OCCO4. The number of ketones is 1. The summed E-state index contributed by atoms with van der Waals surface area (Å²) in [5.41, 5.74) is 4.14. The first-order valence-corrected chi connectivity index (χ1v) is 13.8. The number of carbonyl (C=O) groups is 1. The van der Waals surface area contributed by atoms with Crippen LogP contribution in [0.2, 0.25) is 0 Å². The van der Waals surface area contributed by atoms with Gasteiger partial charge in [0.15, 0.2) is 5.79 Å². The molecule has 1 aromatic carbocycles. The van der Waals surface area contributed by atoms with E-state index < -0.39 is 11.4 Å². The summed E-state index contributed by atoms with van der Waals surface area (Å²) >= 11 is 0. The fourth-order valence-electron chi connectivity index (χ4n) is 8.03. The Bertz CT molecular complexity index is 1010. The van der Waals surface area contributed by atoms with E-state index in [4.69, 9.17) is 9.47 Å². The molecule has 1 N–H and O–H groups in total. The highest BCUT2D eigenvalue weighted by Gasteiger charge is 2.58. The Morgan fingerprint density at radius 2 is 1.77 bits per heavy atom. The van der Waals surface area contributed by atoms with Gasteiger partial charge in [0, 0.05) is 24.2 Å². The van der Waals surface area contributed by atoms with Gasteiger partial charge in [-0.2, -0.15) is 0 Å². The summed E-state index contributed by atoms with van der Waals surface area (Å²) < 4.78 is 12.1. The second-order valence-corrected chi connectivity index (χ2v) is 13.0. The second-order valence-electron chi connectivity index (χ2n) is 13.0.